The molecule has 2 unspecified atom stereocenters. The summed E-state index contributed by atoms with van der Waals surface area (Å²) in [7, 11) is 1.70. The van der Waals surface area contributed by atoms with E-state index in [0.717, 1.165) is 0 Å². The van der Waals surface area contributed by atoms with E-state index in [1.807, 2.05) is 44.7 Å². The Hall–Kier alpha value is -2.22. The third-order valence-electron chi connectivity index (χ3n) is 5.76. The van der Waals surface area contributed by atoms with Crippen LogP contribution >= 0.6 is 0 Å². The molecule has 1 spiro atoms. The first-order valence-electron chi connectivity index (χ1n) is 9.41. The quantitative estimate of drug-likeness (QED) is 0.735. The largest absolute Gasteiger partial charge is 0.423 e. The van der Waals surface area contributed by atoms with Crippen LogP contribution in [0.25, 0.3) is 0 Å². The van der Waals surface area contributed by atoms with E-state index in [2.05, 4.69) is 10.2 Å². The highest BCUT2D eigenvalue weighted by molar-refractivity contribution is 5.93. The number of ether oxygens (including phenoxy) is 1. The second kappa shape index (κ2) is 5.89. The van der Waals surface area contributed by atoms with Gasteiger partial charge in [-0.3, -0.25) is 9.59 Å². The summed E-state index contributed by atoms with van der Waals surface area (Å²) in [6.07, 6.45) is 4.19. The first-order valence-corrected chi connectivity index (χ1v) is 9.41. The summed E-state index contributed by atoms with van der Waals surface area (Å²) in [5.74, 6) is -0.193. The molecule has 2 fully saturated rings. The topological polar surface area (TPSA) is 88.8 Å². The van der Waals surface area contributed by atoms with Crippen molar-refractivity contribution in [1.29, 1.82) is 0 Å². The van der Waals surface area contributed by atoms with E-state index in [1.165, 1.54) is 0 Å². The second-order valence-electron chi connectivity index (χ2n) is 8.63. The Kier molecular flexibility index (Phi) is 3.96. The van der Waals surface area contributed by atoms with Crippen molar-refractivity contribution < 1.29 is 18.7 Å². The fourth-order valence-corrected chi connectivity index (χ4v) is 4.38. The molecule has 1 aromatic heterocycles. The summed E-state index contributed by atoms with van der Waals surface area (Å²) >= 11 is 0. The van der Waals surface area contributed by atoms with Crippen LogP contribution in [0, 0.1) is 11.8 Å². The van der Waals surface area contributed by atoms with Gasteiger partial charge in [-0.25, -0.2) is 0 Å². The fraction of sp³-hybridized carbons (Fsp3) is 0.684. The molecule has 3 aliphatic rings. The minimum absolute atomic E-state index is 0.00726. The van der Waals surface area contributed by atoms with Gasteiger partial charge in [-0.05, 0) is 20.8 Å². The molecule has 2 saturated heterocycles. The molecule has 8 nitrogen and oxygen atoms in total. The van der Waals surface area contributed by atoms with Crippen molar-refractivity contribution in [1.82, 2.24) is 20.0 Å². The van der Waals surface area contributed by atoms with Crippen LogP contribution in [-0.4, -0.2) is 62.6 Å². The van der Waals surface area contributed by atoms with Crippen molar-refractivity contribution in [3.63, 3.8) is 0 Å². The highest BCUT2D eigenvalue weighted by Crippen LogP contribution is 2.53. The number of nitrogens with zero attached hydrogens (tertiary/aromatic N) is 4. The Morgan fingerprint density at radius 1 is 1.37 bits per heavy atom. The van der Waals surface area contributed by atoms with E-state index in [-0.39, 0.29) is 30.0 Å². The molecule has 27 heavy (non-hydrogen) atoms. The van der Waals surface area contributed by atoms with Crippen molar-refractivity contribution in [3.05, 3.63) is 23.9 Å². The average molecular weight is 374 g/mol. The molecule has 2 bridgehead atoms. The van der Waals surface area contributed by atoms with Gasteiger partial charge in [0.25, 0.3) is 0 Å². The molecular weight excluding hydrogens is 348 g/mol. The highest BCUT2D eigenvalue weighted by Gasteiger charge is 2.68. The monoisotopic (exact) mass is 374 g/mol. The van der Waals surface area contributed by atoms with E-state index in [4.69, 9.17) is 9.15 Å². The minimum atomic E-state index is -0.684. The average Bonchev–Trinajstić information content (AvgIpc) is 3.34. The molecule has 4 heterocycles. The SMILES string of the molecule is CCc1nnc(CN(C)C(=O)C2C3C(=O)N(C(C)(C)C)C[C@@]34C=C[C@@H]2O4)o1. The zero-order valence-corrected chi connectivity index (χ0v) is 16.4. The van der Waals surface area contributed by atoms with Gasteiger partial charge in [0.1, 0.15) is 5.60 Å². The van der Waals surface area contributed by atoms with Crippen molar-refractivity contribution in [2.45, 2.75) is 57.9 Å². The lowest BCUT2D eigenvalue weighted by Crippen LogP contribution is -2.47. The Bertz CT molecular complexity index is 811. The van der Waals surface area contributed by atoms with Crippen LogP contribution < -0.4 is 0 Å². The van der Waals surface area contributed by atoms with E-state index in [0.29, 0.717) is 24.7 Å². The van der Waals surface area contributed by atoms with Gasteiger partial charge in [0.05, 0.1) is 31.0 Å². The molecule has 0 N–H and O–H groups in total. The molecule has 4 atom stereocenters. The Morgan fingerprint density at radius 2 is 2.07 bits per heavy atom. The molecule has 0 aromatic carbocycles. The first-order chi connectivity index (χ1) is 12.7. The molecule has 4 rings (SSSR count). The number of rotatable bonds is 4. The van der Waals surface area contributed by atoms with E-state index >= 15 is 0 Å². The molecule has 0 aliphatic carbocycles. The third kappa shape index (κ3) is 2.69. The van der Waals surface area contributed by atoms with Crippen LogP contribution in [-0.2, 0) is 27.3 Å². The summed E-state index contributed by atoms with van der Waals surface area (Å²) in [5.41, 5.74) is -0.999. The van der Waals surface area contributed by atoms with Crippen molar-refractivity contribution >= 4 is 11.8 Å². The predicted octanol–water partition coefficient (Wildman–Crippen LogP) is 1.17. The maximum atomic E-state index is 13.2. The second-order valence-corrected chi connectivity index (χ2v) is 8.63. The van der Waals surface area contributed by atoms with Crippen LogP contribution in [0.3, 0.4) is 0 Å². The summed E-state index contributed by atoms with van der Waals surface area (Å²) < 4.78 is 11.7. The molecule has 1 aromatic rings. The minimum Gasteiger partial charge on any atom is -0.423 e. The normalized spacial score (nSPS) is 31.7. The van der Waals surface area contributed by atoms with Gasteiger partial charge in [0.15, 0.2) is 0 Å². The van der Waals surface area contributed by atoms with E-state index in [1.54, 1.807) is 11.9 Å². The zero-order valence-electron chi connectivity index (χ0n) is 16.4. The van der Waals surface area contributed by atoms with Crippen LogP contribution in [0.1, 0.15) is 39.5 Å². The van der Waals surface area contributed by atoms with Crippen molar-refractivity contribution in [3.8, 4) is 0 Å². The number of likely N-dealkylation sites (tertiary alicyclic amines) is 1. The summed E-state index contributed by atoms with van der Waals surface area (Å²) in [6, 6.07) is 0. The number of carbonyl (C=O) groups is 2. The molecule has 146 valence electrons. The lowest BCUT2D eigenvalue weighted by molar-refractivity contribution is -0.144. The number of hydrogen-bond acceptors (Lipinski definition) is 6. The molecule has 2 amide bonds. The van der Waals surface area contributed by atoms with Crippen LogP contribution in [0.2, 0.25) is 0 Å². The molecule has 0 radical (unpaired) electrons. The predicted molar refractivity (Wildman–Crippen MR) is 95.3 cm³/mol. The number of hydrogen-bond donors (Lipinski definition) is 0. The van der Waals surface area contributed by atoms with Gasteiger partial charge in [-0.1, -0.05) is 19.1 Å². The molecule has 3 aliphatic heterocycles. The summed E-state index contributed by atoms with van der Waals surface area (Å²) in [6.45, 7) is 8.64. The Morgan fingerprint density at radius 3 is 2.70 bits per heavy atom. The maximum absolute atomic E-state index is 13.2. The summed E-state index contributed by atoms with van der Waals surface area (Å²) in [5, 5.41) is 7.91. The standard InChI is InChI=1S/C19H26N4O4/c1-6-12-20-21-13(26-12)9-22(5)16(24)14-11-7-8-19(27-11)10-23(18(2,3)4)17(25)15(14)19/h7-8,11,14-15H,6,9-10H2,1-5H3/t11-,14?,15?,19-/m0/s1. The molecular formula is C19H26N4O4. The first kappa shape index (κ1) is 18.2. The highest BCUT2D eigenvalue weighted by atomic mass is 16.5. The van der Waals surface area contributed by atoms with Gasteiger partial charge >= 0.3 is 0 Å². The lowest BCUT2D eigenvalue weighted by Gasteiger charge is -2.34. The fourth-order valence-electron chi connectivity index (χ4n) is 4.38. The van der Waals surface area contributed by atoms with E-state index in [9.17, 15) is 9.59 Å². The Balaban J connectivity index is 1.56. The number of carbonyl (C=O) groups excluding carboxylic acids is 2. The summed E-state index contributed by atoms with van der Waals surface area (Å²) in [4.78, 5) is 29.7. The Labute approximate surface area is 158 Å². The number of fused-ring (bicyclic) bond motifs is 1. The number of aromatic nitrogens is 2. The van der Waals surface area contributed by atoms with Crippen LogP contribution in [0.15, 0.2) is 16.6 Å². The van der Waals surface area contributed by atoms with Crippen molar-refractivity contribution in [2.24, 2.45) is 11.8 Å². The number of aryl methyl sites for hydroxylation is 1. The van der Waals surface area contributed by atoms with Crippen molar-refractivity contribution in [2.75, 3.05) is 13.6 Å². The third-order valence-corrected chi connectivity index (χ3v) is 5.76. The van der Waals surface area contributed by atoms with Gasteiger partial charge in [0, 0.05) is 19.0 Å². The van der Waals surface area contributed by atoms with Crippen LogP contribution in [0.5, 0.6) is 0 Å². The zero-order chi connectivity index (χ0) is 19.6. The van der Waals surface area contributed by atoms with E-state index < -0.39 is 17.4 Å². The van der Waals surface area contributed by atoms with Gasteiger partial charge in [-0.2, -0.15) is 0 Å². The smallest absolute Gasteiger partial charge is 0.235 e. The van der Waals surface area contributed by atoms with Gasteiger partial charge in [0.2, 0.25) is 23.6 Å². The van der Waals surface area contributed by atoms with Crippen LogP contribution in [0.4, 0.5) is 0 Å². The molecule has 0 saturated carbocycles. The lowest BCUT2D eigenvalue weighted by atomic mass is 9.76. The maximum Gasteiger partial charge on any atom is 0.235 e. The molecule has 8 heteroatoms. The van der Waals surface area contributed by atoms with Gasteiger partial charge < -0.3 is 19.0 Å². The van der Waals surface area contributed by atoms with Gasteiger partial charge in [-0.15, -0.1) is 10.2 Å². The number of amides is 2.